The summed E-state index contributed by atoms with van der Waals surface area (Å²) in [5.74, 6) is -0.0239. The predicted octanol–water partition coefficient (Wildman–Crippen LogP) is 5.88. The van der Waals surface area contributed by atoms with Gasteiger partial charge in [0.05, 0.1) is 22.2 Å². The summed E-state index contributed by atoms with van der Waals surface area (Å²) >= 11 is 13.2. The smallest absolute Gasteiger partial charge is 0.255 e. The molecule has 1 fully saturated rings. The molecule has 1 aromatic heterocycles. The Kier molecular flexibility index (Phi) is 5.77. The van der Waals surface area contributed by atoms with Crippen LogP contribution >= 0.6 is 23.2 Å². The standard InChI is InChI=1S/C24H23Cl2N3O/c1-15-10-16(14-27)11-22-19(15)12-17(28(22)2)13-20-21(25)7-6-18(23(20)26)24(30)29-8-4-3-5-9-29/h6-7,10-12H,3-5,8-9,13H2,1-2H3. The fourth-order valence-electron chi connectivity index (χ4n) is 4.27. The minimum absolute atomic E-state index is 0.0239. The quantitative estimate of drug-likeness (QED) is 0.511. The van der Waals surface area contributed by atoms with Crippen molar-refractivity contribution in [2.45, 2.75) is 32.6 Å². The van der Waals surface area contributed by atoms with Crippen LogP contribution in [0, 0.1) is 18.3 Å². The highest BCUT2D eigenvalue weighted by Gasteiger charge is 2.23. The van der Waals surface area contributed by atoms with Gasteiger partial charge in [-0.2, -0.15) is 5.26 Å². The van der Waals surface area contributed by atoms with Crippen LogP contribution in [-0.4, -0.2) is 28.5 Å². The number of carbonyl (C=O) groups excluding carboxylic acids is 1. The van der Waals surface area contributed by atoms with Crippen LogP contribution in [0.4, 0.5) is 0 Å². The van der Waals surface area contributed by atoms with Crippen LogP contribution in [0.1, 0.15) is 52.0 Å². The number of aryl methyl sites for hydroxylation is 2. The second kappa shape index (κ2) is 8.34. The summed E-state index contributed by atoms with van der Waals surface area (Å²) in [5.41, 5.74) is 4.98. The molecule has 4 nitrogen and oxygen atoms in total. The van der Waals surface area contributed by atoms with Gasteiger partial charge in [0.2, 0.25) is 0 Å². The van der Waals surface area contributed by atoms with Crippen LogP contribution in [0.3, 0.4) is 0 Å². The third-order valence-corrected chi connectivity index (χ3v) is 6.80. The first-order chi connectivity index (χ1) is 14.4. The van der Waals surface area contributed by atoms with E-state index in [1.807, 2.05) is 31.0 Å². The Hall–Kier alpha value is -2.48. The lowest BCUT2D eigenvalue weighted by atomic mass is 10.0. The fraction of sp³-hybridized carbons (Fsp3) is 0.333. The molecule has 2 aromatic carbocycles. The Morgan fingerprint density at radius 2 is 1.87 bits per heavy atom. The average Bonchev–Trinajstić information content (AvgIpc) is 3.07. The van der Waals surface area contributed by atoms with E-state index in [1.54, 1.807) is 12.1 Å². The van der Waals surface area contributed by atoms with Gasteiger partial charge >= 0.3 is 0 Å². The van der Waals surface area contributed by atoms with Crippen LogP contribution < -0.4 is 0 Å². The van der Waals surface area contributed by atoms with E-state index in [0.717, 1.165) is 60.1 Å². The van der Waals surface area contributed by atoms with E-state index in [2.05, 4.69) is 16.7 Å². The summed E-state index contributed by atoms with van der Waals surface area (Å²) in [5, 5.41) is 11.4. The number of carbonyl (C=O) groups is 1. The van der Waals surface area contributed by atoms with Crippen LogP contribution in [-0.2, 0) is 13.5 Å². The average molecular weight is 440 g/mol. The molecule has 1 saturated heterocycles. The van der Waals surface area contributed by atoms with Gasteiger partial charge in [-0.25, -0.2) is 0 Å². The van der Waals surface area contributed by atoms with Crippen LogP contribution in [0.25, 0.3) is 10.9 Å². The van der Waals surface area contributed by atoms with Gasteiger partial charge in [-0.3, -0.25) is 4.79 Å². The van der Waals surface area contributed by atoms with Crippen LogP contribution in [0.5, 0.6) is 0 Å². The molecule has 6 heteroatoms. The largest absolute Gasteiger partial charge is 0.347 e. The molecular formula is C24H23Cl2N3O. The maximum absolute atomic E-state index is 13.0. The number of nitrogens with zero attached hydrogens (tertiary/aromatic N) is 3. The van der Waals surface area contributed by atoms with Gasteiger partial charge in [0.15, 0.2) is 0 Å². The molecule has 1 aliphatic rings. The first-order valence-corrected chi connectivity index (χ1v) is 10.9. The van der Waals surface area contributed by atoms with Gasteiger partial charge in [0.25, 0.3) is 5.91 Å². The van der Waals surface area contributed by atoms with E-state index < -0.39 is 0 Å². The highest BCUT2D eigenvalue weighted by Crippen LogP contribution is 2.33. The fourth-order valence-corrected chi connectivity index (χ4v) is 4.86. The zero-order valence-corrected chi connectivity index (χ0v) is 18.6. The Labute approximate surface area is 186 Å². The molecule has 1 aliphatic heterocycles. The molecule has 0 atom stereocenters. The number of piperidine rings is 1. The molecule has 0 aliphatic carbocycles. The molecule has 0 bridgehead atoms. The molecule has 154 valence electrons. The summed E-state index contributed by atoms with van der Waals surface area (Å²) in [4.78, 5) is 14.9. The molecular weight excluding hydrogens is 417 g/mol. The molecule has 0 unspecified atom stereocenters. The highest BCUT2D eigenvalue weighted by molar-refractivity contribution is 6.38. The van der Waals surface area contributed by atoms with E-state index in [1.165, 1.54) is 0 Å². The molecule has 1 amide bonds. The lowest BCUT2D eigenvalue weighted by Crippen LogP contribution is -2.35. The molecule has 0 N–H and O–H groups in total. The summed E-state index contributed by atoms with van der Waals surface area (Å²) in [7, 11) is 1.98. The third kappa shape index (κ3) is 3.69. The highest BCUT2D eigenvalue weighted by atomic mass is 35.5. The van der Waals surface area contributed by atoms with Gasteiger partial charge in [0.1, 0.15) is 0 Å². The molecule has 3 aromatic rings. The van der Waals surface area contributed by atoms with Crippen molar-refractivity contribution < 1.29 is 4.79 Å². The summed E-state index contributed by atoms with van der Waals surface area (Å²) < 4.78 is 2.06. The number of rotatable bonds is 3. The lowest BCUT2D eigenvalue weighted by Gasteiger charge is -2.27. The number of amides is 1. The van der Waals surface area contributed by atoms with Crippen molar-refractivity contribution in [2.75, 3.05) is 13.1 Å². The van der Waals surface area contributed by atoms with Crippen LogP contribution in [0.2, 0.25) is 10.0 Å². The van der Waals surface area contributed by atoms with E-state index in [4.69, 9.17) is 23.2 Å². The van der Waals surface area contributed by atoms with Crippen LogP contribution in [0.15, 0.2) is 30.3 Å². The second-order valence-electron chi connectivity index (χ2n) is 7.95. The number of fused-ring (bicyclic) bond motifs is 1. The summed E-state index contributed by atoms with van der Waals surface area (Å²) in [6.07, 6.45) is 3.73. The van der Waals surface area contributed by atoms with E-state index in [-0.39, 0.29) is 5.91 Å². The number of benzene rings is 2. The molecule has 0 spiro atoms. The molecule has 0 radical (unpaired) electrons. The first kappa shape index (κ1) is 20.8. The normalized spacial score (nSPS) is 14.2. The minimum Gasteiger partial charge on any atom is -0.347 e. The molecule has 2 heterocycles. The van der Waals surface area contributed by atoms with Crippen molar-refractivity contribution >= 4 is 40.0 Å². The van der Waals surface area contributed by atoms with Crippen molar-refractivity contribution in [3.8, 4) is 6.07 Å². The number of hydrogen-bond donors (Lipinski definition) is 0. The van der Waals surface area contributed by atoms with Gasteiger partial charge in [0, 0.05) is 48.2 Å². The van der Waals surface area contributed by atoms with E-state index in [0.29, 0.717) is 27.6 Å². The monoisotopic (exact) mass is 439 g/mol. The maximum atomic E-state index is 13.0. The summed E-state index contributed by atoms with van der Waals surface area (Å²) in [6, 6.07) is 11.6. The number of hydrogen-bond acceptors (Lipinski definition) is 2. The minimum atomic E-state index is -0.0239. The van der Waals surface area contributed by atoms with Crippen molar-refractivity contribution in [1.29, 1.82) is 5.26 Å². The van der Waals surface area contributed by atoms with E-state index in [9.17, 15) is 10.1 Å². The molecule has 4 rings (SSSR count). The molecule has 30 heavy (non-hydrogen) atoms. The third-order valence-electron chi connectivity index (χ3n) is 6.01. The van der Waals surface area contributed by atoms with Crippen molar-refractivity contribution in [1.82, 2.24) is 9.47 Å². The van der Waals surface area contributed by atoms with Gasteiger partial charge in [-0.05, 0) is 67.6 Å². The van der Waals surface area contributed by atoms with E-state index >= 15 is 0 Å². The van der Waals surface area contributed by atoms with Gasteiger partial charge < -0.3 is 9.47 Å². The first-order valence-electron chi connectivity index (χ1n) is 10.2. The zero-order chi connectivity index (χ0) is 21.4. The Balaban J connectivity index is 1.73. The number of nitriles is 1. The van der Waals surface area contributed by atoms with Gasteiger partial charge in [-0.1, -0.05) is 23.2 Å². The predicted molar refractivity (Wildman–Crippen MR) is 121 cm³/mol. The number of aromatic nitrogens is 1. The van der Waals surface area contributed by atoms with Crippen molar-refractivity contribution in [3.63, 3.8) is 0 Å². The maximum Gasteiger partial charge on any atom is 0.255 e. The van der Waals surface area contributed by atoms with Crippen molar-refractivity contribution in [2.24, 2.45) is 7.05 Å². The zero-order valence-electron chi connectivity index (χ0n) is 17.1. The Bertz CT molecular complexity index is 1180. The number of halogens is 2. The number of likely N-dealkylation sites (tertiary alicyclic amines) is 1. The van der Waals surface area contributed by atoms with Crippen molar-refractivity contribution in [3.05, 3.63) is 68.3 Å². The lowest BCUT2D eigenvalue weighted by molar-refractivity contribution is 0.0724. The van der Waals surface area contributed by atoms with Gasteiger partial charge in [-0.15, -0.1) is 0 Å². The molecule has 0 saturated carbocycles. The topological polar surface area (TPSA) is 49.0 Å². The Morgan fingerprint density at radius 3 is 2.57 bits per heavy atom. The Morgan fingerprint density at radius 1 is 1.13 bits per heavy atom. The summed E-state index contributed by atoms with van der Waals surface area (Å²) in [6.45, 7) is 3.55. The second-order valence-corrected chi connectivity index (χ2v) is 8.73. The SMILES string of the molecule is Cc1cc(C#N)cc2c1cc(Cc1c(Cl)ccc(C(=O)N3CCCCC3)c1Cl)n2C.